The SMILES string of the molecule is c1ccc2c(c1)OCC2c1ncc2c(n1)CCNC2. The number of rotatable bonds is 1. The highest BCUT2D eigenvalue weighted by molar-refractivity contribution is 5.43. The monoisotopic (exact) mass is 253 g/mol. The minimum absolute atomic E-state index is 0.177. The molecule has 4 heteroatoms. The Kier molecular flexibility index (Phi) is 2.48. The van der Waals surface area contributed by atoms with Gasteiger partial charge in [0.25, 0.3) is 0 Å². The van der Waals surface area contributed by atoms with E-state index in [1.54, 1.807) is 0 Å². The van der Waals surface area contributed by atoms with Crippen LogP contribution in [0.1, 0.15) is 28.6 Å². The number of para-hydroxylation sites is 1. The van der Waals surface area contributed by atoms with Crippen LogP contribution in [0.2, 0.25) is 0 Å². The lowest BCUT2D eigenvalue weighted by Gasteiger charge is -2.17. The van der Waals surface area contributed by atoms with Gasteiger partial charge in [0, 0.05) is 42.5 Å². The molecule has 3 heterocycles. The molecule has 1 N–H and O–H groups in total. The van der Waals surface area contributed by atoms with E-state index in [1.807, 2.05) is 24.4 Å². The Morgan fingerprint density at radius 1 is 1.26 bits per heavy atom. The molecule has 0 radical (unpaired) electrons. The second-order valence-electron chi connectivity index (χ2n) is 5.03. The van der Waals surface area contributed by atoms with E-state index in [0.717, 1.165) is 31.1 Å². The Bertz CT molecular complexity index is 627. The maximum absolute atomic E-state index is 5.72. The summed E-state index contributed by atoms with van der Waals surface area (Å²) in [6.45, 7) is 2.53. The van der Waals surface area contributed by atoms with Gasteiger partial charge < -0.3 is 10.1 Å². The first-order valence-corrected chi connectivity index (χ1v) is 6.69. The molecule has 1 unspecified atom stereocenters. The van der Waals surface area contributed by atoms with E-state index in [9.17, 15) is 0 Å². The van der Waals surface area contributed by atoms with Gasteiger partial charge >= 0.3 is 0 Å². The van der Waals surface area contributed by atoms with Crippen LogP contribution in [-0.2, 0) is 13.0 Å². The molecule has 1 atom stereocenters. The molecule has 0 amide bonds. The smallest absolute Gasteiger partial charge is 0.139 e. The van der Waals surface area contributed by atoms with Gasteiger partial charge in [-0.2, -0.15) is 0 Å². The van der Waals surface area contributed by atoms with E-state index in [1.165, 1.54) is 16.8 Å². The average molecular weight is 253 g/mol. The molecule has 2 aliphatic rings. The zero-order valence-corrected chi connectivity index (χ0v) is 10.6. The van der Waals surface area contributed by atoms with Crippen molar-refractivity contribution in [1.82, 2.24) is 15.3 Å². The Hall–Kier alpha value is -1.94. The molecule has 1 aromatic carbocycles. The number of nitrogens with zero attached hydrogens (tertiary/aromatic N) is 2. The van der Waals surface area contributed by atoms with Crippen LogP contribution in [0.25, 0.3) is 0 Å². The maximum Gasteiger partial charge on any atom is 0.139 e. The predicted molar refractivity (Wildman–Crippen MR) is 71.2 cm³/mol. The van der Waals surface area contributed by atoms with Crippen molar-refractivity contribution >= 4 is 0 Å². The van der Waals surface area contributed by atoms with Crippen molar-refractivity contribution in [2.45, 2.75) is 18.9 Å². The van der Waals surface area contributed by atoms with Gasteiger partial charge in [-0.25, -0.2) is 9.97 Å². The van der Waals surface area contributed by atoms with Crippen molar-refractivity contribution < 1.29 is 4.74 Å². The highest BCUT2D eigenvalue weighted by atomic mass is 16.5. The fraction of sp³-hybridized carbons (Fsp3) is 0.333. The summed E-state index contributed by atoms with van der Waals surface area (Å²) in [6.07, 6.45) is 2.95. The summed E-state index contributed by atoms with van der Waals surface area (Å²) in [5.41, 5.74) is 3.62. The summed E-state index contributed by atoms with van der Waals surface area (Å²) >= 11 is 0. The van der Waals surface area contributed by atoms with Crippen molar-refractivity contribution in [1.29, 1.82) is 0 Å². The summed E-state index contributed by atoms with van der Waals surface area (Å²) in [5.74, 6) is 2.04. The molecular formula is C15H15N3O. The standard InChI is InChI=1S/C15H15N3O/c1-2-4-14-11(3-1)12(9-19-14)15-17-8-10-7-16-6-5-13(10)18-15/h1-4,8,12,16H,5-7,9H2. The number of fused-ring (bicyclic) bond motifs is 2. The van der Waals surface area contributed by atoms with Crippen LogP contribution in [0, 0.1) is 0 Å². The molecule has 2 aliphatic heterocycles. The average Bonchev–Trinajstić information content (AvgIpc) is 2.91. The fourth-order valence-electron chi connectivity index (χ4n) is 2.80. The topological polar surface area (TPSA) is 47.0 Å². The molecule has 0 fully saturated rings. The summed E-state index contributed by atoms with van der Waals surface area (Å²) in [6, 6.07) is 8.17. The van der Waals surface area contributed by atoms with E-state index in [-0.39, 0.29) is 5.92 Å². The van der Waals surface area contributed by atoms with Crippen molar-refractivity contribution in [3.63, 3.8) is 0 Å². The van der Waals surface area contributed by atoms with Crippen LogP contribution in [0.15, 0.2) is 30.5 Å². The minimum atomic E-state index is 0.177. The zero-order chi connectivity index (χ0) is 12.7. The van der Waals surface area contributed by atoms with Gasteiger partial charge in [0.1, 0.15) is 18.2 Å². The van der Waals surface area contributed by atoms with Gasteiger partial charge in [-0.1, -0.05) is 18.2 Å². The molecule has 0 bridgehead atoms. The normalized spacial score (nSPS) is 20.5. The Balaban J connectivity index is 1.74. The second kappa shape index (κ2) is 4.31. The van der Waals surface area contributed by atoms with Gasteiger partial charge in [-0.15, -0.1) is 0 Å². The highest BCUT2D eigenvalue weighted by Crippen LogP contribution is 2.36. The van der Waals surface area contributed by atoms with Crippen molar-refractivity contribution in [3.05, 3.63) is 53.1 Å². The van der Waals surface area contributed by atoms with E-state index >= 15 is 0 Å². The number of hydrogen-bond donors (Lipinski definition) is 1. The first kappa shape index (κ1) is 10.9. The first-order valence-electron chi connectivity index (χ1n) is 6.69. The summed E-state index contributed by atoms with van der Waals surface area (Å²) < 4.78 is 5.72. The van der Waals surface area contributed by atoms with Gasteiger partial charge in [-0.3, -0.25) is 0 Å². The van der Waals surface area contributed by atoms with Gasteiger partial charge in [0.05, 0.1) is 5.92 Å². The molecule has 2 aromatic rings. The third-order valence-electron chi connectivity index (χ3n) is 3.84. The van der Waals surface area contributed by atoms with Crippen LogP contribution < -0.4 is 10.1 Å². The quantitative estimate of drug-likeness (QED) is 0.839. The third-order valence-corrected chi connectivity index (χ3v) is 3.84. The summed E-state index contributed by atoms with van der Waals surface area (Å²) in [7, 11) is 0. The molecule has 96 valence electrons. The van der Waals surface area contributed by atoms with Crippen molar-refractivity contribution in [3.8, 4) is 5.75 Å². The number of nitrogens with one attached hydrogen (secondary N) is 1. The molecule has 0 saturated carbocycles. The number of ether oxygens (including phenoxy) is 1. The second-order valence-corrected chi connectivity index (χ2v) is 5.03. The Morgan fingerprint density at radius 2 is 2.21 bits per heavy atom. The molecule has 0 spiro atoms. The molecular weight excluding hydrogens is 238 g/mol. The molecule has 19 heavy (non-hydrogen) atoms. The van der Waals surface area contributed by atoms with E-state index in [2.05, 4.69) is 16.4 Å². The Labute approximate surface area is 111 Å². The van der Waals surface area contributed by atoms with Crippen LogP contribution >= 0.6 is 0 Å². The predicted octanol–water partition coefficient (Wildman–Crippen LogP) is 1.65. The molecule has 0 aliphatic carbocycles. The molecule has 1 aromatic heterocycles. The van der Waals surface area contributed by atoms with E-state index < -0.39 is 0 Å². The van der Waals surface area contributed by atoms with Crippen LogP contribution in [0.4, 0.5) is 0 Å². The lowest BCUT2D eigenvalue weighted by atomic mass is 10.00. The Morgan fingerprint density at radius 3 is 3.21 bits per heavy atom. The van der Waals surface area contributed by atoms with Gasteiger partial charge in [0.15, 0.2) is 0 Å². The molecule has 4 nitrogen and oxygen atoms in total. The highest BCUT2D eigenvalue weighted by Gasteiger charge is 2.28. The third kappa shape index (κ3) is 1.79. The summed E-state index contributed by atoms with van der Waals surface area (Å²) in [4.78, 5) is 9.30. The van der Waals surface area contributed by atoms with Gasteiger partial charge in [-0.05, 0) is 6.07 Å². The van der Waals surface area contributed by atoms with Crippen LogP contribution in [0.5, 0.6) is 5.75 Å². The summed E-state index contributed by atoms with van der Waals surface area (Å²) in [5, 5.41) is 3.34. The maximum atomic E-state index is 5.72. The van der Waals surface area contributed by atoms with Crippen molar-refractivity contribution in [2.24, 2.45) is 0 Å². The first-order chi connectivity index (χ1) is 9.42. The number of aromatic nitrogens is 2. The lowest BCUT2D eigenvalue weighted by Crippen LogP contribution is -2.25. The largest absolute Gasteiger partial charge is 0.492 e. The van der Waals surface area contributed by atoms with Gasteiger partial charge in [0.2, 0.25) is 0 Å². The van der Waals surface area contributed by atoms with Crippen molar-refractivity contribution in [2.75, 3.05) is 13.2 Å². The fourth-order valence-corrected chi connectivity index (χ4v) is 2.80. The zero-order valence-electron chi connectivity index (χ0n) is 10.6. The van der Waals surface area contributed by atoms with E-state index in [0.29, 0.717) is 6.61 Å². The van der Waals surface area contributed by atoms with Crippen LogP contribution in [-0.4, -0.2) is 23.1 Å². The number of hydrogen-bond acceptors (Lipinski definition) is 4. The number of benzene rings is 1. The lowest BCUT2D eigenvalue weighted by molar-refractivity contribution is 0.339. The molecule has 0 saturated heterocycles. The minimum Gasteiger partial charge on any atom is -0.492 e. The molecule has 4 rings (SSSR count). The van der Waals surface area contributed by atoms with E-state index in [4.69, 9.17) is 9.72 Å². The van der Waals surface area contributed by atoms with Crippen LogP contribution in [0.3, 0.4) is 0 Å².